The standard InChI is InChI=1S/C26H14Cl2F3N2O/c27-17-4-2-5-18(28)22(17)13-7-9-15-21(11-13)33(12-14-8-10-19(29)25(31)24(14)30)20-6-1-3-16(23(15)20)26(32)34/h1-8,10-11H,12H2,(H2,32,34). The van der Waals surface area contributed by atoms with Crippen LogP contribution in [0, 0.1) is 23.5 Å². The number of benzene rings is 4. The summed E-state index contributed by atoms with van der Waals surface area (Å²) in [5, 5.41) is 1.92. The van der Waals surface area contributed by atoms with Gasteiger partial charge in [0.1, 0.15) is 0 Å². The van der Waals surface area contributed by atoms with Gasteiger partial charge >= 0.3 is 0 Å². The summed E-state index contributed by atoms with van der Waals surface area (Å²) >= 11 is 12.8. The first-order valence-electron chi connectivity index (χ1n) is 10.1. The molecule has 0 unspecified atom stereocenters. The van der Waals surface area contributed by atoms with Gasteiger partial charge in [0.2, 0.25) is 5.91 Å². The van der Waals surface area contributed by atoms with Crippen molar-refractivity contribution in [3.05, 3.63) is 105 Å². The fourth-order valence-corrected chi connectivity index (χ4v) is 4.82. The van der Waals surface area contributed by atoms with E-state index < -0.39 is 23.4 Å². The first kappa shape index (κ1) is 22.3. The Morgan fingerprint density at radius 2 is 1.65 bits per heavy atom. The Morgan fingerprint density at radius 3 is 2.35 bits per heavy atom. The molecular weight excluding hydrogens is 484 g/mol. The molecule has 8 heteroatoms. The molecule has 0 aliphatic heterocycles. The molecule has 1 amide bonds. The number of nitrogens with zero attached hydrogens (tertiary/aromatic N) is 1. The quantitative estimate of drug-likeness (QED) is 0.263. The average Bonchev–Trinajstić information content (AvgIpc) is 3.12. The summed E-state index contributed by atoms with van der Waals surface area (Å²) < 4.78 is 43.7. The van der Waals surface area contributed by atoms with Gasteiger partial charge in [-0.1, -0.05) is 41.4 Å². The molecular formula is C26H14Cl2F3N2O. The zero-order valence-electron chi connectivity index (χ0n) is 17.3. The molecule has 5 aromatic rings. The molecule has 1 aromatic heterocycles. The van der Waals surface area contributed by atoms with Crippen molar-refractivity contribution in [2.45, 2.75) is 6.54 Å². The van der Waals surface area contributed by atoms with Crippen molar-refractivity contribution in [3.63, 3.8) is 0 Å². The summed E-state index contributed by atoms with van der Waals surface area (Å²) in [4.78, 5) is 12.2. The summed E-state index contributed by atoms with van der Waals surface area (Å²) in [7, 11) is 0. The molecule has 3 nitrogen and oxygen atoms in total. The fourth-order valence-electron chi connectivity index (χ4n) is 4.21. The third kappa shape index (κ3) is 3.50. The van der Waals surface area contributed by atoms with E-state index in [9.17, 15) is 18.0 Å². The lowest BCUT2D eigenvalue weighted by atomic mass is 10.0. The van der Waals surface area contributed by atoms with Crippen LogP contribution in [0.4, 0.5) is 13.2 Å². The topological polar surface area (TPSA) is 48.0 Å². The molecule has 0 aliphatic carbocycles. The van der Waals surface area contributed by atoms with Crippen LogP contribution in [0.25, 0.3) is 32.9 Å². The molecule has 0 saturated heterocycles. The molecule has 0 spiro atoms. The smallest absolute Gasteiger partial charge is 0.249 e. The van der Waals surface area contributed by atoms with Gasteiger partial charge in [0.25, 0.3) is 0 Å². The predicted octanol–water partition coefficient (Wildman–Crippen LogP) is 7.13. The number of primary amides is 1. The number of nitrogens with two attached hydrogens (primary N) is 1. The normalized spacial score (nSPS) is 11.4. The van der Waals surface area contributed by atoms with E-state index in [1.807, 2.05) is 0 Å². The van der Waals surface area contributed by atoms with Crippen molar-refractivity contribution < 1.29 is 18.0 Å². The van der Waals surface area contributed by atoms with E-state index >= 15 is 0 Å². The summed E-state index contributed by atoms with van der Waals surface area (Å²) in [6.45, 7) is -0.140. The van der Waals surface area contributed by atoms with Gasteiger partial charge in [-0.05, 0) is 54.1 Å². The monoisotopic (exact) mass is 497 g/mol. The van der Waals surface area contributed by atoms with Crippen LogP contribution < -0.4 is 5.73 Å². The number of hydrogen-bond donors (Lipinski definition) is 1. The Labute approximate surface area is 202 Å². The van der Waals surface area contributed by atoms with Gasteiger partial charge in [-0.15, -0.1) is 0 Å². The minimum atomic E-state index is -1.55. The third-order valence-corrected chi connectivity index (χ3v) is 6.38. The molecule has 0 bridgehead atoms. The first-order valence-corrected chi connectivity index (χ1v) is 10.9. The third-order valence-electron chi connectivity index (χ3n) is 5.75. The maximum Gasteiger partial charge on any atom is 0.249 e. The maximum atomic E-state index is 14.6. The van der Waals surface area contributed by atoms with E-state index in [1.54, 1.807) is 53.1 Å². The Morgan fingerprint density at radius 1 is 0.941 bits per heavy atom. The number of aromatic nitrogens is 1. The minimum absolute atomic E-state index is 0.0663. The second kappa shape index (κ2) is 8.38. The number of halogens is 5. The van der Waals surface area contributed by atoms with Gasteiger partial charge in [0, 0.05) is 37.5 Å². The number of amides is 1. The van der Waals surface area contributed by atoms with Gasteiger partial charge in [0.15, 0.2) is 17.5 Å². The van der Waals surface area contributed by atoms with Crippen LogP contribution in [-0.2, 0) is 6.54 Å². The number of carbonyl (C=O) groups excluding carboxylic acids is 1. The van der Waals surface area contributed by atoms with E-state index in [0.29, 0.717) is 43.0 Å². The lowest BCUT2D eigenvalue weighted by Crippen LogP contribution is -2.11. The number of rotatable bonds is 4. The van der Waals surface area contributed by atoms with Crippen LogP contribution in [0.3, 0.4) is 0 Å². The molecule has 4 aromatic carbocycles. The van der Waals surface area contributed by atoms with Gasteiger partial charge in [0.05, 0.1) is 17.6 Å². The van der Waals surface area contributed by atoms with Crippen molar-refractivity contribution >= 4 is 50.9 Å². The van der Waals surface area contributed by atoms with Crippen LogP contribution in [0.5, 0.6) is 0 Å². The average molecular weight is 498 g/mol. The van der Waals surface area contributed by atoms with Crippen molar-refractivity contribution in [1.29, 1.82) is 0 Å². The predicted molar refractivity (Wildman–Crippen MR) is 128 cm³/mol. The van der Waals surface area contributed by atoms with Crippen molar-refractivity contribution in [2.75, 3.05) is 0 Å². The van der Waals surface area contributed by atoms with E-state index in [2.05, 4.69) is 6.07 Å². The van der Waals surface area contributed by atoms with E-state index in [0.717, 1.165) is 6.07 Å². The molecule has 1 radical (unpaired) electrons. The molecule has 0 fully saturated rings. The largest absolute Gasteiger partial charge is 0.366 e. The molecule has 5 rings (SSSR count). The lowest BCUT2D eigenvalue weighted by Gasteiger charge is -2.11. The Balaban J connectivity index is 1.84. The molecule has 34 heavy (non-hydrogen) atoms. The van der Waals surface area contributed by atoms with Crippen LogP contribution in [-0.4, -0.2) is 10.5 Å². The van der Waals surface area contributed by atoms with Gasteiger partial charge in [-0.2, -0.15) is 0 Å². The Kier molecular flexibility index (Phi) is 5.50. The summed E-state index contributed by atoms with van der Waals surface area (Å²) in [6, 6.07) is 18.8. The van der Waals surface area contributed by atoms with E-state index in [-0.39, 0.29) is 17.7 Å². The highest BCUT2D eigenvalue weighted by molar-refractivity contribution is 6.39. The highest BCUT2D eigenvalue weighted by Gasteiger charge is 2.20. The van der Waals surface area contributed by atoms with Crippen molar-refractivity contribution in [1.82, 2.24) is 4.57 Å². The van der Waals surface area contributed by atoms with Gasteiger partial charge < -0.3 is 10.3 Å². The highest BCUT2D eigenvalue weighted by Crippen LogP contribution is 2.39. The van der Waals surface area contributed by atoms with E-state index in [4.69, 9.17) is 28.9 Å². The first-order chi connectivity index (χ1) is 16.3. The number of carbonyl (C=O) groups is 1. The van der Waals surface area contributed by atoms with E-state index in [1.165, 1.54) is 6.07 Å². The Hall–Kier alpha value is -3.48. The molecule has 1 heterocycles. The van der Waals surface area contributed by atoms with Gasteiger partial charge in [-0.25, -0.2) is 13.2 Å². The maximum absolute atomic E-state index is 14.6. The summed E-state index contributed by atoms with van der Waals surface area (Å²) in [5.41, 5.74) is 8.12. The van der Waals surface area contributed by atoms with Crippen LogP contribution in [0.1, 0.15) is 15.9 Å². The van der Waals surface area contributed by atoms with Gasteiger partial charge in [-0.3, -0.25) is 4.79 Å². The minimum Gasteiger partial charge on any atom is -0.366 e. The van der Waals surface area contributed by atoms with Crippen molar-refractivity contribution in [3.8, 4) is 11.1 Å². The zero-order valence-corrected chi connectivity index (χ0v) is 18.8. The molecule has 2 N–H and O–H groups in total. The molecule has 169 valence electrons. The lowest BCUT2D eigenvalue weighted by molar-refractivity contribution is 0.100. The summed E-state index contributed by atoms with van der Waals surface area (Å²) in [6.07, 6.45) is 0. The Bertz CT molecular complexity index is 1610. The zero-order chi connectivity index (χ0) is 24.1. The molecule has 0 aliphatic rings. The summed E-state index contributed by atoms with van der Waals surface area (Å²) in [5.74, 6) is -4.75. The highest BCUT2D eigenvalue weighted by atomic mass is 35.5. The SMILES string of the molecule is NC(=O)c1cccc2c1c1[c]cc(-c3c(Cl)cccc3Cl)cc1n2Cc1ccc(F)c(F)c1F. The second-order valence-electron chi connectivity index (χ2n) is 7.73. The molecule has 0 saturated carbocycles. The second-order valence-corrected chi connectivity index (χ2v) is 8.54. The van der Waals surface area contributed by atoms with Crippen molar-refractivity contribution in [2.24, 2.45) is 5.73 Å². The molecule has 0 atom stereocenters. The van der Waals surface area contributed by atoms with Crippen LogP contribution in [0.2, 0.25) is 10.0 Å². The van der Waals surface area contributed by atoms with Crippen LogP contribution >= 0.6 is 23.2 Å². The number of fused-ring (bicyclic) bond motifs is 3. The number of hydrogen-bond acceptors (Lipinski definition) is 1. The fraction of sp³-hybridized carbons (Fsp3) is 0.0385. The van der Waals surface area contributed by atoms with Crippen LogP contribution in [0.15, 0.2) is 60.7 Å².